The van der Waals surface area contributed by atoms with Crippen LogP contribution in [0.1, 0.15) is 13.8 Å². The van der Waals surface area contributed by atoms with Crippen molar-refractivity contribution in [2.75, 3.05) is 13.2 Å². The van der Waals surface area contributed by atoms with Crippen molar-refractivity contribution in [1.82, 2.24) is 15.0 Å². The van der Waals surface area contributed by atoms with Crippen LogP contribution in [0.5, 0.6) is 18.0 Å². The first-order chi connectivity index (χ1) is 9.01. The molecule has 0 aliphatic heterocycles. The summed E-state index contributed by atoms with van der Waals surface area (Å²) in [5, 5.41) is 9.15. The van der Waals surface area contributed by atoms with Crippen LogP contribution in [-0.4, -0.2) is 39.6 Å². The molecule has 19 heavy (non-hydrogen) atoms. The van der Waals surface area contributed by atoms with E-state index in [0.29, 0.717) is 0 Å². The Labute approximate surface area is 111 Å². The molecular weight excluding hydrogens is 250 g/mol. The van der Waals surface area contributed by atoms with Crippen LogP contribution in [0.25, 0.3) is 0 Å². The first-order valence-electron chi connectivity index (χ1n) is 5.63. The van der Waals surface area contributed by atoms with Crippen molar-refractivity contribution >= 4 is 0 Å². The van der Waals surface area contributed by atoms with Gasteiger partial charge in [-0.25, -0.2) is 0 Å². The number of rotatable bonds is 8. The molecule has 1 unspecified atom stereocenters. The quantitative estimate of drug-likeness (QED) is 0.557. The van der Waals surface area contributed by atoms with Gasteiger partial charge in [0.2, 0.25) is 0 Å². The number of aromatic nitrogens is 3. The standard InChI is InChI=1S/C12H17N3O4/c1-5-6-17-10-13-11(18-7-8(2)3)15-12(14-10)19-9(4)16/h5,9,16H,1-2,6-7H2,3-4H3. The van der Waals surface area contributed by atoms with Gasteiger partial charge in [0.05, 0.1) is 0 Å². The molecule has 0 aromatic carbocycles. The molecule has 0 aliphatic rings. The molecule has 0 bridgehead atoms. The predicted octanol–water partition coefficient (Wildman–Crippen LogP) is 1.11. The van der Waals surface area contributed by atoms with E-state index in [-0.39, 0.29) is 31.2 Å². The first kappa shape index (κ1) is 14.9. The highest BCUT2D eigenvalue weighted by Crippen LogP contribution is 2.15. The van der Waals surface area contributed by atoms with Gasteiger partial charge in [0.1, 0.15) is 13.2 Å². The van der Waals surface area contributed by atoms with Crippen molar-refractivity contribution in [3.8, 4) is 18.0 Å². The number of hydrogen-bond acceptors (Lipinski definition) is 7. The lowest BCUT2D eigenvalue weighted by atomic mass is 10.4. The van der Waals surface area contributed by atoms with Crippen molar-refractivity contribution in [2.45, 2.75) is 20.1 Å². The highest BCUT2D eigenvalue weighted by Gasteiger charge is 2.11. The van der Waals surface area contributed by atoms with Gasteiger partial charge in [-0.2, -0.15) is 0 Å². The molecular formula is C12H17N3O4. The third-order valence-corrected chi connectivity index (χ3v) is 1.63. The summed E-state index contributed by atoms with van der Waals surface area (Å²) in [6.45, 7) is 11.0. The van der Waals surface area contributed by atoms with Gasteiger partial charge in [0.15, 0.2) is 6.29 Å². The normalized spacial score (nSPS) is 11.5. The lowest BCUT2D eigenvalue weighted by molar-refractivity contribution is -0.00853. The second-order valence-corrected chi connectivity index (χ2v) is 3.75. The van der Waals surface area contributed by atoms with Gasteiger partial charge in [0, 0.05) is 0 Å². The molecule has 1 aromatic heterocycles. The van der Waals surface area contributed by atoms with Gasteiger partial charge >= 0.3 is 18.0 Å². The van der Waals surface area contributed by atoms with Gasteiger partial charge < -0.3 is 19.3 Å². The van der Waals surface area contributed by atoms with Gasteiger partial charge in [-0.05, 0) is 19.4 Å². The number of aliphatic hydroxyl groups excluding tert-OH is 1. The molecule has 1 aromatic rings. The molecule has 1 rings (SSSR count). The van der Waals surface area contributed by atoms with Crippen molar-refractivity contribution in [2.24, 2.45) is 0 Å². The monoisotopic (exact) mass is 267 g/mol. The van der Waals surface area contributed by atoms with Gasteiger partial charge in [0.25, 0.3) is 0 Å². The third kappa shape index (κ3) is 5.82. The van der Waals surface area contributed by atoms with E-state index in [1.807, 2.05) is 6.92 Å². The van der Waals surface area contributed by atoms with E-state index in [1.165, 1.54) is 6.92 Å². The number of aliphatic hydroxyl groups is 1. The Bertz CT molecular complexity index is 449. The minimum Gasteiger partial charge on any atom is -0.459 e. The van der Waals surface area contributed by atoms with Crippen molar-refractivity contribution in [1.29, 1.82) is 0 Å². The molecule has 0 fully saturated rings. The maximum atomic E-state index is 9.15. The summed E-state index contributed by atoms with van der Waals surface area (Å²) >= 11 is 0. The Morgan fingerprint density at radius 1 is 1.26 bits per heavy atom. The second-order valence-electron chi connectivity index (χ2n) is 3.75. The van der Waals surface area contributed by atoms with Crippen molar-refractivity contribution in [3.05, 3.63) is 24.8 Å². The second kappa shape index (κ2) is 7.32. The van der Waals surface area contributed by atoms with E-state index in [2.05, 4.69) is 28.1 Å². The number of ether oxygens (including phenoxy) is 3. The fourth-order valence-electron chi connectivity index (χ4n) is 0.976. The highest BCUT2D eigenvalue weighted by molar-refractivity contribution is 5.10. The number of hydrogen-bond donors (Lipinski definition) is 1. The van der Waals surface area contributed by atoms with Crippen LogP contribution in [-0.2, 0) is 0 Å². The Kier molecular flexibility index (Phi) is 5.74. The summed E-state index contributed by atoms with van der Waals surface area (Å²) < 4.78 is 15.4. The molecule has 1 heterocycles. The van der Waals surface area contributed by atoms with Gasteiger partial charge in [-0.15, -0.1) is 15.0 Å². The smallest absolute Gasteiger partial charge is 0.328 e. The average Bonchev–Trinajstić information content (AvgIpc) is 2.33. The first-order valence-corrected chi connectivity index (χ1v) is 5.63. The lowest BCUT2D eigenvalue weighted by Crippen LogP contribution is -2.14. The van der Waals surface area contributed by atoms with Gasteiger partial charge in [-0.3, -0.25) is 0 Å². The molecule has 0 radical (unpaired) electrons. The largest absolute Gasteiger partial charge is 0.459 e. The van der Waals surface area contributed by atoms with E-state index in [4.69, 9.17) is 19.3 Å². The molecule has 0 aliphatic carbocycles. The molecule has 0 saturated heterocycles. The summed E-state index contributed by atoms with van der Waals surface area (Å²) in [7, 11) is 0. The van der Waals surface area contributed by atoms with Crippen LogP contribution < -0.4 is 14.2 Å². The molecule has 104 valence electrons. The van der Waals surface area contributed by atoms with Crippen LogP contribution in [0.15, 0.2) is 24.8 Å². The molecule has 1 N–H and O–H groups in total. The molecule has 7 heteroatoms. The average molecular weight is 267 g/mol. The molecule has 0 amide bonds. The van der Waals surface area contributed by atoms with Crippen molar-refractivity contribution in [3.63, 3.8) is 0 Å². The summed E-state index contributed by atoms with van der Waals surface area (Å²) in [6, 6.07) is -0.0178. The Morgan fingerprint density at radius 2 is 1.84 bits per heavy atom. The molecule has 0 spiro atoms. The minimum absolute atomic E-state index is 0.0299. The Hall–Kier alpha value is -2.15. The van der Waals surface area contributed by atoms with E-state index >= 15 is 0 Å². The van der Waals surface area contributed by atoms with E-state index < -0.39 is 6.29 Å². The highest BCUT2D eigenvalue weighted by atomic mass is 16.6. The summed E-state index contributed by atoms with van der Waals surface area (Å²) in [5.41, 5.74) is 0.812. The zero-order valence-electron chi connectivity index (χ0n) is 11.0. The third-order valence-electron chi connectivity index (χ3n) is 1.63. The van der Waals surface area contributed by atoms with Crippen LogP contribution in [0.3, 0.4) is 0 Å². The van der Waals surface area contributed by atoms with Crippen LogP contribution in [0.4, 0.5) is 0 Å². The summed E-state index contributed by atoms with van der Waals surface area (Å²) in [4.78, 5) is 11.7. The topological polar surface area (TPSA) is 86.6 Å². The fraction of sp³-hybridized carbons (Fsp3) is 0.417. The predicted molar refractivity (Wildman–Crippen MR) is 68.1 cm³/mol. The summed E-state index contributed by atoms with van der Waals surface area (Å²) in [5.74, 6) is 0. The van der Waals surface area contributed by atoms with Crippen LogP contribution in [0.2, 0.25) is 0 Å². The van der Waals surface area contributed by atoms with Crippen LogP contribution >= 0.6 is 0 Å². The molecule has 7 nitrogen and oxygen atoms in total. The fourth-order valence-corrected chi connectivity index (χ4v) is 0.976. The summed E-state index contributed by atoms with van der Waals surface area (Å²) in [6.07, 6.45) is 0.497. The van der Waals surface area contributed by atoms with E-state index in [0.717, 1.165) is 5.57 Å². The molecule has 1 atom stereocenters. The maximum absolute atomic E-state index is 9.15. The lowest BCUT2D eigenvalue weighted by Gasteiger charge is -2.10. The SMILES string of the molecule is C=CCOc1nc(OCC(=C)C)nc(OC(C)O)n1. The van der Waals surface area contributed by atoms with E-state index in [9.17, 15) is 0 Å². The zero-order valence-corrected chi connectivity index (χ0v) is 11.0. The zero-order chi connectivity index (χ0) is 14.3. The number of nitrogens with zero attached hydrogens (tertiary/aromatic N) is 3. The van der Waals surface area contributed by atoms with Gasteiger partial charge in [-0.1, -0.05) is 19.2 Å². The van der Waals surface area contributed by atoms with Crippen molar-refractivity contribution < 1.29 is 19.3 Å². The Morgan fingerprint density at radius 3 is 2.37 bits per heavy atom. The minimum atomic E-state index is -1.05. The van der Waals surface area contributed by atoms with Crippen LogP contribution in [0, 0.1) is 0 Å². The maximum Gasteiger partial charge on any atom is 0.328 e. The Balaban J connectivity index is 2.87. The van der Waals surface area contributed by atoms with E-state index in [1.54, 1.807) is 6.08 Å². The molecule has 0 saturated carbocycles.